The quantitative estimate of drug-likeness (QED) is 0.215. The van der Waals surface area contributed by atoms with E-state index in [1.807, 2.05) is 18.7 Å². The van der Waals surface area contributed by atoms with E-state index in [0.29, 0.717) is 12.5 Å². The molecule has 0 bridgehead atoms. The molecule has 0 aliphatic rings. The second kappa shape index (κ2) is 10.2. The number of rotatable bonds is 6. The number of nitrogens with one attached hydrogen (secondary N) is 2. The maximum Gasteiger partial charge on any atom is 0.269 e. The molecule has 27 heavy (non-hydrogen) atoms. The molecule has 2 N–H and O–H groups in total. The fraction of sp³-hybridized carbons (Fsp3) is 0.444. The number of nitro groups is 1. The van der Waals surface area contributed by atoms with Gasteiger partial charge in [0.25, 0.3) is 5.69 Å². The molecule has 1 unspecified atom stereocenters. The number of benzene rings is 1. The van der Waals surface area contributed by atoms with E-state index in [0.717, 1.165) is 17.7 Å². The molecule has 1 atom stereocenters. The summed E-state index contributed by atoms with van der Waals surface area (Å²) in [5.41, 5.74) is 4.51. The number of nitro benzene ring substituents is 1. The van der Waals surface area contributed by atoms with Crippen LogP contribution in [0.5, 0.6) is 0 Å². The third-order valence-corrected chi connectivity index (χ3v) is 4.38. The van der Waals surface area contributed by atoms with Crippen LogP contribution in [0.15, 0.2) is 29.3 Å². The molecule has 1 heterocycles. The molecule has 9 heteroatoms. The van der Waals surface area contributed by atoms with Gasteiger partial charge in [0.05, 0.1) is 10.6 Å². The van der Waals surface area contributed by atoms with E-state index in [4.69, 9.17) is 0 Å². The first kappa shape index (κ1) is 22.9. The number of guanidine groups is 1. The molecule has 148 valence electrons. The van der Waals surface area contributed by atoms with Crippen molar-refractivity contribution in [2.75, 3.05) is 7.05 Å². The average Bonchev–Trinajstić information content (AvgIpc) is 2.85. The number of halogens is 1. The van der Waals surface area contributed by atoms with Crippen molar-refractivity contribution < 1.29 is 4.92 Å². The largest absolute Gasteiger partial charge is 0.354 e. The zero-order chi connectivity index (χ0) is 19.3. The highest BCUT2D eigenvalue weighted by molar-refractivity contribution is 14.0. The molecule has 1 aromatic carbocycles. The normalized spacial score (nSPS) is 12.3. The van der Waals surface area contributed by atoms with Crippen LogP contribution in [0.2, 0.25) is 0 Å². The molecular formula is C18H27IN6O2. The number of non-ortho nitro benzene ring substituents is 1. The van der Waals surface area contributed by atoms with Gasteiger partial charge in [0.15, 0.2) is 5.96 Å². The highest BCUT2D eigenvalue weighted by Crippen LogP contribution is 2.14. The maximum absolute atomic E-state index is 10.7. The predicted octanol–water partition coefficient (Wildman–Crippen LogP) is 2.86. The highest BCUT2D eigenvalue weighted by Gasteiger charge is 2.14. The summed E-state index contributed by atoms with van der Waals surface area (Å²) < 4.78 is 1.90. The number of aryl methyl sites for hydroxylation is 2. The predicted molar refractivity (Wildman–Crippen MR) is 118 cm³/mol. The van der Waals surface area contributed by atoms with Gasteiger partial charge in [-0.05, 0) is 38.3 Å². The lowest BCUT2D eigenvalue weighted by atomic mass is 10.1. The third-order valence-electron chi connectivity index (χ3n) is 4.38. The topological polar surface area (TPSA) is 97.4 Å². The van der Waals surface area contributed by atoms with E-state index in [1.165, 1.54) is 23.4 Å². The van der Waals surface area contributed by atoms with Crippen molar-refractivity contribution in [3.8, 4) is 0 Å². The Labute approximate surface area is 176 Å². The van der Waals surface area contributed by atoms with Crippen LogP contribution in [-0.2, 0) is 20.0 Å². The number of hydrogen-bond acceptors (Lipinski definition) is 4. The lowest BCUT2D eigenvalue weighted by molar-refractivity contribution is -0.384. The van der Waals surface area contributed by atoms with Gasteiger partial charge in [-0.25, -0.2) is 0 Å². The van der Waals surface area contributed by atoms with Crippen LogP contribution in [0.3, 0.4) is 0 Å². The van der Waals surface area contributed by atoms with Crippen LogP contribution in [0, 0.1) is 24.0 Å². The minimum absolute atomic E-state index is 0. The van der Waals surface area contributed by atoms with Gasteiger partial charge in [0.1, 0.15) is 0 Å². The average molecular weight is 486 g/mol. The molecule has 0 amide bonds. The van der Waals surface area contributed by atoms with Crippen molar-refractivity contribution in [1.29, 1.82) is 0 Å². The van der Waals surface area contributed by atoms with Gasteiger partial charge >= 0.3 is 0 Å². The molecule has 0 fully saturated rings. The zero-order valence-corrected chi connectivity index (χ0v) is 18.6. The number of nitrogens with zero attached hydrogens (tertiary/aromatic N) is 4. The van der Waals surface area contributed by atoms with Gasteiger partial charge < -0.3 is 10.6 Å². The first-order valence-electron chi connectivity index (χ1n) is 8.51. The monoisotopic (exact) mass is 486 g/mol. The Morgan fingerprint density at radius 3 is 2.44 bits per heavy atom. The molecule has 0 aliphatic heterocycles. The Balaban J connectivity index is 0.00000364. The van der Waals surface area contributed by atoms with Crippen molar-refractivity contribution in [3.63, 3.8) is 0 Å². The smallest absolute Gasteiger partial charge is 0.269 e. The van der Waals surface area contributed by atoms with Gasteiger partial charge in [-0.2, -0.15) is 5.10 Å². The third kappa shape index (κ3) is 6.19. The van der Waals surface area contributed by atoms with Crippen molar-refractivity contribution in [1.82, 2.24) is 20.4 Å². The highest BCUT2D eigenvalue weighted by atomic mass is 127. The van der Waals surface area contributed by atoms with Crippen molar-refractivity contribution >= 4 is 35.6 Å². The first-order valence-corrected chi connectivity index (χ1v) is 8.51. The van der Waals surface area contributed by atoms with E-state index < -0.39 is 4.92 Å². The second-order valence-electron chi connectivity index (χ2n) is 6.37. The molecule has 0 aliphatic carbocycles. The lowest BCUT2D eigenvalue weighted by Crippen LogP contribution is -2.42. The molecule has 2 rings (SSSR count). The van der Waals surface area contributed by atoms with Gasteiger partial charge in [0, 0.05) is 44.5 Å². The first-order chi connectivity index (χ1) is 12.3. The SMILES string of the molecule is CN=C(NCc1ccc([N+](=O)[O-])cc1)NC(C)Cc1c(C)nn(C)c1C.I. The van der Waals surface area contributed by atoms with Gasteiger partial charge in [-0.1, -0.05) is 12.1 Å². The number of aromatic nitrogens is 2. The van der Waals surface area contributed by atoms with E-state index in [9.17, 15) is 10.1 Å². The molecule has 8 nitrogen and oxygen atoms in total. The molecule has 0 radical (unpaired) electrons. The van der Waals surface area contributed by atoms with Crippen LogP contribution < -0.4 is 10.6 Å². The van der Waals surface area contributed by atoms with E-state index in [1.54, 1.807) is 19.2 Å². The Morgan fingerprint density at radius 1 is 1.33 bits per heavy atom. The Kier molecular flexibility index (Phi) is 8.67. The lowest BCUT2D eigenvalue weighted by Gasteiger charge is -2.18. The maximum atomic E-state index is 10.7. The van der Waals surface area contributed by atoms with E-state index >= 15 is 0 Å². The van der Waals surface area contributed by atoms with Crippen LogP contribution >= 0.6 is 24.0 Å². The second-order valence-corrected chi connectivity index (χ2v) is 6.37. The summed E-state index contributed by atoms with van der Waals surface area (Å²) in [5.74, 6) is 0.690. The standard InChI is InChI=1S/C18H26N6O2.HI/c1-12(10-17-13(2)22-23(5)14(17)3)21-18(19-4)20-11-15-6-8-16(9-7-15)24(25)26;/h6-9,12H,10-11H2,1-5H3,(H2,19,20,21);1H. The summed E-state index contributed by atoms with van der Waals surface area (Å²) in [6.45, 7) is 6.74. The van der Waals surface area contributed by atoms with Gasteiger partial charge in [-0.3, -0.25) is 19.8 Å². The van der Waals surface area contributed by atoms with E-state index in [2.05, 4.69) is 34.6 Å². The minimum atomic E-state index is -0.401. The molecular weight excluding hydrogens is 459 g/mol. The number of aliphatic imine (C=N–C) groups is 1. The summed E-state index contributed by atoms with van der Waals surface area (Å²) in [6, 6.07) is 6.67. The Morgan fingerprint density at radius 2 is 1.96 bits per heavy atom. The molecule has 2 aromatic rings. The summed E-state index contributed by atoms with van der Waals surface area (Å²) in [7, 11) is 3.67. The summed E-state index contributed by atoms with van der Waals surface area (Å²) >= 11 is 0. The van der Waals surface area contributed by atoms with Crippen LogP contribution in [0.1, 0.15) is 29.4 Å². The molecule has 0 spiro atoms. The van der Waals surface area contributed by atoms with Gasteiger partial charge in [0.2, 0.25) is 0 Å². The van der Waals surface area contributed by atoms with Crippen LogP contribution in [0.4, 0.5) is 5.69 Å². The minimum Gasteiger partial charge on any atom is -0.354 e. The number of hydrogen-bond donors (Lipinski definition) is 2. The van der Waals surface area contributed by atoms with Crippen LogP contribution in [0.25, 0.3) is 0 Å². The van der Waals surface area contributed by atoms with Crippen LogP contribution in [-0.4, -0.2) is 33.8 Å². The zero-order valence-electron chi connectivity index (χ0n) is 16.3. The fourth-order valence-corrected chi connectivity index (χ4v) is 2.82. The fourth-order valence-electron chi connectivity index (χ4n) is 2.82. The Bertz CT molecular complexity index is 801. The van der Waals surface area contributed by atoms with Gasteiger partial charge in [-0.15, -0.1) is 24.0 Å². The molecule has 0 saturated heterocycles. The summed E-state index contributed by atoms with van der Waals surface area (Å²) in [4.78, 5) is 14.5. The summed E-state index contributed by atoms with van der Waals surface area (Å²) in [5, 5.41) is 21.8. The molecule has 1 aromatic heterocycles. The van der Waals surface area contributed by atoms with Crippen molar-refractivity contribution in [2.45, 2.75) is 39.8 Å². The van der Waals surface area contributed by atoms with Crippen molar-refractivity contribution in [3.05, 3.63) is 56.9 Å². The summed E-state index contributed by atoms with van der Waals surface area (Å²) in [6.07, 6.45) is 0.851. The van der Waals surface area contributed by atoms with Crippen molar-refractivity contribution in [2.24, 2.45) is 12.0 Å². The Hall–Kier alpha value is -2.17. The molecule has 0 saturated carbocycles. The van der Waals surface area contributed by atoms with E-state index in [-0.39, 0.29) is 35.7 Å².